The largest absolute Gasteiger partial charge is 0.462 e. The van der Waals surface area contributed by atoms with Crippen LogP contribution >= 0.6 is 11.3 Å². The number of carbonyl (C=O) groups is 3. The van der Waals surface area contributed by atoms with Crippen molar-refractivity contribution in [2.45, 2.75) is 20.8 Å². The van der Waals surface area contributed by atoms with Crippen LogP contribution in [0.5, 0.6) is 0 Å². The standard InChI is InChI=1S/C20H19FN2O5S/c1-5-27-20(26)13-10(3)16(18(25)22-4)29-19(13)23-17(24)14-9(2)11-7-6-8-12(21)15(11)28-14/h6-8H,5H2,1-4H3,(H,22,25)(H,23,24). The van der Waals surface area contributed by atoms with Crippen molar-refractivity contribution in [2.24, 2.45) is 0 Å². The van der Waals surface area contributed by atoms with Crippen molar-refractivity contribution in [2.75, 3.05) is 19.0 Å². The molecule has 0 aliphatic heterocycles. The Kier molecular flexibility index (Phi) is 5.69. The van der Waals surface area contributed by atoms with Crippen LogP contribution in [-0.4, -0.2) is 31.4 Å². The molecule has 2 N–H and O–H groups in total. The highest BCUT2D eigenvalue weighted by Crippen LogP contribution is 2.35. The second-order valence-corrected chi connectivity index (χ2v) is 7.21. The number of para-hydroxylation sites is 1. The molecule has 0 fully saturated rings. The van der Waals surface area contributed by atoms with Gasteiger partial charge in [0.1, 0.15) is 5.00 Å². The van der Waals surface area contributed by atoms with Crippen LogP contribution in [-0.2, 0) is 4.74 Å². The lowest BCUT2D eigenvalue weighted by atomic mass is 10.1. The van der Waals surface area contributed by atoms with Gasteiger partial charge in [-0.1, -0.05) is 12.1 Å². The summed E-state index contributed by atoms with van der Waals surface area (Å²) in [6.45, 7) is 5.04. The quantitative estimate of drug-likeness (QED) is 0.610. The predicted molar refractivity (Wildman–Crippen MR) is 107 cm³/mol. The van der Waals surface area contributed by atoms with Crippen LogP contribution < -0.4 is 10.6 Å². The molecule has 7 nitrogen and oxygen atoms in total. The number of nitrogens with one attached hydrogen (secondary N) is 2. The summed E-state index contributed by atoms with van der Waals surface area (Å²) in [5, 5.41) is 5.75. The van der Waals surface area contributed by atoms with E-state index in [0.29, 0.717) is 16.5 Å². The summed E-state index contributed by atoms with van der Waals surface area (Å²) in [5.74, 6) is -2.36. The van der Waals surface area contributed by atoms with Crippen molar-refractivity contribution in [3.8, 4) is 0 Å². The van der Waals surface area contributed by atoms with Gasteiger partial charge >= 0.3 is 5.97 Å². The number of ether oxygens (including phenoxy) is 1. The second-order valence-electron chi connectivity index (χ2n) is 6.19. The molecule has 2 heterocycles. The van der Waals surface area contributed by atoms with E-state index in [1.807, 2.05) is 0 Å². The Labute approximate surface area is 169 Å². The summed E-state index contributed by atoms with van der Waals surface area (Å²) in [5.41, 5.74) is 0.947. The molecule has 0 aliphatic carbocycles. The number of halogens is 1. The fourth-order valence-corrected chi connectivity index (χ4v) is 4.10. The number of carbonyl (C=O) groups excluding carboxylic acids is 3. The number of fused-ring (bicyclic) bond motifs is 1. The van der Waals surface area contributed by atoms with Crippen LogP contribution in [0.3, 0.4) is 0 Å². The van der Waals surface area contributed by atoms with Gasteiger partial charge in [-0.2, -0.15) is 0 Å². The van der Waals surface area contributed by atoms with Crippen molar-refractivity contribution in [3.05, 3.63) is 51.3 Å². The first-order chi connectivity index (χ1) is 13.8. The summed E-state index contributed by atoms with van der Waals surface area (Å²) >= 11 is 0.951. The highest BCUT2D eigenvalue weighted by atomic mass is 32.1. The molecule has 152 valence electrons. The summed E-state index contributed by atoms with van der Waals surface area (Å²) < 4.78 is 24.5. The number of anilines is 1. The van der Waals surface area contributed by atoms with E-state index in [1.54, 1.807) is 26.8 Å². The molecule has 0 bridgehead atoms. The molecule has 2 aromatic heterocycles. The van der Waals surface area contributed by atoms with Crippen molar-refractivity contribution >= 4 is 45.1 Å². The molecular weight excluding hydrogens is 399 g/mol. The lowest BCUT2D eigenvalue weighted by Gasteiger charge is -2.06. The molecular formula is C20H19FN2O5S. The minimum Gasteiger partial charge on any atom is -0.462 e. The third kappa shape index (κ3) is 3.61. The average molecular weight is 418 g/mol. The maximum absolute atomic E-state index is 14.0. The van der Waals surface area contributed by atoms with E-state index in [0.717, 1.165) is 11.3 Å². The maximum atomic E-state index is 14.0. The molecule has 3 rings (SSSR count). The first kappa shape index (κ1) is 20.5. The van der Waals surface area contributed by atoms with E-state index in [2.05, 4.69) is 10.6 Å². The van der Waals surface area contributed by atoms with Gasteiger partial charge in [0.25, 0.3) is 11.8 Å². The predicted octanol–water partition coefficient (Wildman–Crippen LogP) is 4.04. The third-order valence-corrected chi connectivity index (χ3v) is 5.61. The smallest absolute Gasteiger partial charge is 0.341 e. The van der Waals surface area contributed by atoms with Gasteiger partial charge in [0.15, 0.2) is 17.2 Å². The second kappa shape index (κ2) is 8.04. The summed E-state index contributed by atoms with van der Waals surface area (Å²) in [6.07, 6.45) is 0. The SMILES string of the molecule is CCOC(=O)c1c(NC(=O)c2oc3c(F)cccc3c2C)sc(C(=O)NC)c1C. The van der Waals surface area contributed by atoms with Crippen LogP contribution in [0.4, 0.5) is 9.39 Å². The Morgan fingerprint density at radius 2 is 1.90 bits per heavy atom. The number of thiophene rings is 1. The van der Waals surface area contributed by atoms with Crippen LogP contribution in [0.25, 0.3) is 11.0 Å². The highest BCUT2D eigenvalue weighted by Gasteiger charge is 2.28. The van der Waals surface area contributed by atoms with Crippen LogP contribution in [0.1, 0.15) is 48.6 Å². The Balaban J connectivity index is 2.04. The van der Waals surface area contributed by atoms with Gasteiger partial charge in [-0.05, 0) is 32.4 Å². The van der Waals surface area contributed by atoms with Crippen molar-refractivity contribution in [1.82, 2.24) is 5.32 Å². The van der Waals surface area contributed by atoms with E-state index in [4.69, 9.17) is 9.15 Å². The minimum atomic E-state index is -0.659. The number of hydrogen-bond acceptors (Lipinski definition) is 6. The lowest BCUT2D eigenvalue weighted by molar-refractivity contribution is 0.0527. The number of benzene rings is 1. The molecule has 0 saturated carbocycles. The van der Waals surface area contributed by atoms with Gasteiger partial charge in [0.05, 0.1) is 17.0 Å². The molecule has 0 radical (unpaired) electrons. The van der Waals surface area contributed by atoms with Crippen LogP contribution in [0, 0.1) is 19.7 Å². The zero-order chi connectivity index (χ0) is 21.3. The van der Waals surface area contributed by atoms with Gasteiger partial charge in [0, 0.05) is 18.0 Å². The van der Waals surface area contributed by atoms with E-state index in [1.165, 1.54) is 19.2 Å². The van der Waals surface area contributed by atoms with E-state index < -0.39 is 17.7 Å². The molecule has 0 saturated heterocycles. The van der Waals surface area contributed by atoms with Gasteiger partial charge in [-0.25, -0.2) is 9.18 Å². The number of amides is 2. The van der Waals surface area contributed by atoms with Gasteiger partial charge in [-0.3, -0.25) is 9.59 Å². The van der Waals surface area contributed by atoms with Crippen molar-refractivity contribution < 1.29 is 27.9 Å². The average Bonchev–Trinajstić information content (AvgIpc) is 3.20. The fourth-order valence-electron chi connectivity index (χ4n) is 2.97. The number of rotatable bonds is 5. The molecule has 0 aliphatic rings. The molecule has 29 heavy (non-hydrogen) atoms. The van der Waals surface area contributed by atoms with Gasteiger partial charge in [-0.15, -0.1) is 11.3 Å². The minimum absolute atomic E-state index is 0.0193. The Morgan fingerprint density at radius 1 is 1.17 bits per heavy atom. The van der Waals surface area contributed by atoms with Crippen molar-refractivity contribution in [1.29, 1.82) is 0 Å². The number of esters is 1. The van der Waals surface area contributed by atoms with Gasteiger partial charge in [0.2, 0.25) is 0 Å². The van der Waals surface area contributed by atoms with Gasteiger partial charge < -0.3 is 19.8 Å². The number of hydrogen-bond donors (Lipinski definition) is 2. The molecule has 1 aromatic carbocycles. The summed E-state index contributed by atoms with van der Waals surface area (Å²) in [6, 6.07) is 4.42. The van der Waals surface area contributed by atoms with Crippen molar-refractivity contribution in [3.63, 3.8) is 0 Å². The molecule has 9 heteroatoms. The van der Waals surface area contributed by atoms with Crippen LogP contribution in [0.2, 0.25) is 0 Å². The Bertz CT molecular complexity index is 1130. The van der Waals surface area contributed by atoms with E-state index in [9.17, 15) is 18.8 Å². The molecule has 2 amide bonds. The highest BCUT2D eigenvalue weighted by molar-refractivity contribution is 7.18. The molecule has 3 aromatic rings. The summed E-state index contributed by atoms with van der Waals surface area (Å²) in [4.78, 5) is 37.6. The maximum Gasteiger partial charge on any atom is 0.341 e. The Morgan fingerprint density at radius 3 is 2.52 bits per heavy atom. The third-order valence-electron chi connectivity index (χ3n) is 4.41. The number of furan rings is 1. The zero-order valence-electron chi connectivity index (χ0n) is 16.3. The first-order valence-electron chi connectivity index (χ1n) is 8.81. The fraction of sp³-hybridized carbons (Fsp3) is 0.250. The van der Waals surface area contributed by atoms with Crippen LogP contribution in [0.15, 0.2) is 22.6 Å². The lowest BCUT2D eigenvalue weighted by Crippen LogP contribution is -2.18. The molecule has 0 spiro atoms. The molecule has 0 unspecified atom stereocenters. The van der Waals surface area contributed by atoms with E-state index in [-0.39, 0.29) is 39.3 Å². The topological polar surface area (TPSA) is 97.6 Å². The number of aryl methyl sites for hydroxylation is 1. The normalized spacial score (nSPS) is 10.8. The zero-order valence-corrected chi connectivity index (χ0v) is 17.1. The van der Waals surface area contributed by atoms with E-state index >= 15 is 0 Å². The first-order valence-corrected chi connectivity index (χ1v) is 9.63. The Hall–Kier alpha value is -3.20. The molecule has 0 atom stereocenters. The summed E-state index contributed by atoms with van der Waals surface area (Å²) in [7, 11) is 1.47. The monoisotopic (exact) mass is 418 g/mol.